The Kier molecular flexibility index (Phi) is 5.02. The third-order valence-corrected chi connectivity index (χ3v) is 8.40. The summed E-state index contributed by atoms with van der Waals surface area (Å²) in [4.78, 5) is 15.2. The van der Waals surface area contributed by atoms with Gasteiger partial charge in [-0.1, -0.05) is 77.9 Å². The maximum absolute atomic E-state index is 13.7. The molecule has 4 nitrogen and oxygen atoms in total. The molecule has 0 N–H and O–H groups in total. The fourth-order valence-electron chi connectivity index (χ4n) is 4.16. The van der Waals surface area contributed by atoms with Crippen molar-refractivity contribution in [3.8, 4) is 0 Å². The molecule has 30 heavy (non-hydrogen) atoms. The molecule has 0 spiro atoms. The first-order valence-electron chi connectivity index (χ1n) is 9.98. The molecule has 1 aliphatic heterocycles. The van der Waals surface area contributed by atoms with E-state index >= 15 is 0 Å². The molecule has 0 bridgehead atoms. The van der Waals surface area contributed by atoms with E-state index in [1.165, 1.54) is 0 Å². The standard InChI is InChI=1S/C25H25NO3S/c1-18-9-13-21(14-10-18)23-25(3,30(28,29)22-15-11-19(2)12-16-22)24(27)26(23)17-20-7-5-4-6-8-20/h4-16,23H,17H2,1-3H3/t23-,25+/m0/s1. The smallest absolute Gasteiger partial charge is 0.247 e. The Balaban J connectivity index is 1.80. The van der Waals surface area contributed by atoms with E-state index in [9.17, 15) is 13.2 Å². The van der Waals surface area contributed by atoms with Gasteiger partial charge < -0.3 is 4.90 Å². The van der Waals surface area contributed by atoms with Gasteiger partial charge in [0.25, 0.3) is 0 Å². The van der Waals surface area contributed by atoms with Gasteiger partial charge >= 0.3 is 0 Å². The van der Waals surface area contributed by atoms with Gasteiger partial charge in [0, 0.05) is 6.54 Å². The zero-order valence-electron chi connectivity index (χ0n) is 17.4. The number of rotatable bonds is 5. The molecule has 5 heteroatoms. The largest absolute Gasteiger partial charge is 0.328 e. The highest BCUT2D eigenvalue weighted by atomic mass is 32.2. The Morgan fingerprint density at radius 3 is 1.93 bits per heavy atom. The van der Waals surface area contributed by atoms with Crippen molar-refractivity contribution in [3.05, 3.63) is 101 Å². The first-order chi connectivity index (χ1) is 14.2. The number of carbonyl (C=O) groups is 1. The minimum atomic E-state index is -3.89. The molecular formula is C25H25NO3S. The normalized spacial score (nSPS) is 21.4. The monoisotopic (exact) mass is 419 g/mol. The van der Waals surface area contributed by atoms with Crippen LogP contribution in [0, 0.1) is 13.8 Å². The molecule has 1 amide bonds. The van der Waals surface area contributed by atoms with E-state index in [0.29, 0.717) is 6.54 Å². The summed E-state index contributed by atoms with van der Waals surface area (Å²) >= 11 is 0. The van der Waals surface area contributed by atoms with Crippen molar-refractivity contribution in [2.45, 2.75) is 43.0 Å². The Hall–Kier alpha value is -2.92. The number of hydrogen-bond donors (Lipinski definition) is 0. The molecule has 1 saturated heterocycles. The second kappa shape index (κ2) is 7.40. The molecule has 3 aromatic carbocycles. The lowest BCUT2D eigenvalue weighted by molar-refractivity contribution is -0.153. The van der Waals surface area contributed by atoms with Crippen LogP contribution in [0.4, 0.5) is 0 Å². The molecule has 0 aliphatic carbocycles. The molecule has 1 aliphatic rings. The molecule has 3 aromatic rings. The van der Waals surface area contributed by atoms with E-state index in [1.54, 1.807) is 36.1 Å². The van der Waals surface area contributed by atoms with Crippen LogP contribution in [0.25, 0.3) is 0 Å². The summed E-state index contributed by atoms with van der Waals surface area (Å²) in [5.74, 6) is -0.363. The predicted octanol–water partition coefficient (Wildman–Crippen LogP) is 4.62. The lowest BCUT2D eigenvalue weighted by atomic mass is 9.82. The Labute approximate surface area is 178 Å². The van der Waals surface area contributed by atoms with Gasteiger partial charge in [-0.05, 0) is 44.0 Å². The second-order valence-electron chi connectivity index (χ2n) is 8.16. The van der Waals surface area contributed by atoms with E-state index in [0.717, 1.165) is 22.3 Å². The van der Waals surface area contributed by atoms with Gasteiger partial charge in [-0.25, -0.2) is 8.42 Å². The van der Waals surface area contributed by atoms with Gasteiger partial charge in [-0.3, -0.25) is 4.79 Å². The number of nitrogens with zero attached hydrogens (tertiary/aromatic N) is 1. The maximum atomic E-state index is 13.7. The van der Waals surface area contributed by atoms with Crippen molar-refractivity contribution in [2.75, 3.05) is 0 Å². The summed E-state index contributed by atoms with van der Waals surface area (Å²) in [6.45, 7) is 5.83. The summed E-state index contributed by atoms with van der Waals surface area (Å²) in [6.07, 6.45) is 0. The van der Waals surface area contributed by atoms with Gasteiger partial charge in [0.1, 0.15) is 0 Å². The zero-order valence-corrected chi connectivity index (χ0v) is 18.2. The molecule has 4 rings (SSSR count). The minimum absolute atomic E-state index is 0.181. The van der Waals surface area contributed by atoms with E-state index in [2.05, 4.69) is 0 Å². The topological polar surface area (TPSA) is 54.5 Å². The third-order valence-electron chi connectivity index (χ3n) is 6.00. The van der Waals surface area contributed by atoms with Crippen LogP contribution >= 0.6 is 0 Å². The van der Waals surface area contributed by atoms with Crippen molar-refractivity contribution in [3.63, 3.8) is 0 Å². The minimum Gasteiger partial charge on any atom is -0.328 e. The lowest BCUT2D eigenvalue weighted by Gasteiger charge is -2.53. The highest BCUT2D eigenvalue weighted by molar-refractivity contribution is 7.93. The van der Waals surface area contributed by atoms with Gasteiger partial charge in [0.05, 0.1) is 10.9 Å². The van der Waals surface area contributed by atoms with Crippen molar-refractivity contribution < 1.29 is 13.2 Å². The SMILES string of the molecule is Cc1ccc([C@@H]2N(Cc3ccccc3)C(=O)[C@]2(C)S(=O)(=O)c2ccc(C)cc2)cc1. The molecule has 1 fully saturated rings. The first-order valence-corrected chi connectivity index (χ1v) is 11.5. The summed E-state index contributed by atoms with van der Waals surface area (Å²) in [6, 6.07) is 23.6. The average Bonchev–Trinajstić information content (AvgIpc) is 2.75. The molecule has 0 radical (unpaired) electrons. The Bertz CT molecular complexity index is 1170. The Morgan fingerprint density at radius 2 is 1.37 bits per heavy atom. The first kappa shape index (κ1) is 20.4. The van der Waals surface area contributed by atoms with Crippen LogP contribution < -0.4 is 0 Å². The number of likely N-dealkylation sites (tertiary alicyclic amines) is 1. The van der Waals surface area contributed by atoms with Crippen LogP contribution in [0.15, 0.2) is 83.8 Å². The fourth-order valence-corrected chi connectivity index (χ4v) is 6.05. The van der Waals surface area contributed by atoms with Crippen LogP contribution in [-0.4, -0.2) is 24.0 Å². The van der Waals surface area contributed by atoms with E-state index in [1.807, 2.05) is 68.4 Å². The van der Waals surface area contributed by atoms with E-state index < -0.39 is 20.6 Å². The number of amides is 1. The zero-order chi connectivity index (χ0) is 21.5. The summed E-state index contributed by atoms with van der Waals surface area (Å²) in [5, 5.41) is 0. The van der Waals surface area contributed by atoms with E-state index in [4.69, 9.17) is 0 Å². The average molecular weight is 420 g/mol. The molecular weight excluding hydrogens is 394 g/mol. The predicted molar refractivity (Wildman–Crippen MR) is 118 cm³/mol. The molecule has 154 valence electrons. The molecule has 0 saturated carbocycles. The summed E-state index contributed by atoms with van der Waals surface area (Å²) in [7, 11) is -3.89. The lowest BCUT2D eigenvalue weighted by Crippen LogP contribution is -2.69. The molecule has 0 unspecified atom stereocenters. The number of benzene rings is 3. The van der Waals surface area contributed by atoms with Crippen molar-refractivity contribution in [1.29, 1.82) is 0 Å². The van der Waals surface area contributed by atoms with Gasteiger partial charge in [0.15, 0.2) is 14.6 Å². The van der Waals surface area contributed by atoms with Crippen LogP contribution in [-0.2, 0) is 21.2 Å². The molecule has 0 aromatic heterocycles. The maximum Gasteiger partial charge on any atom is 0.247 e. The highest BCUT2D eigenvalue weighted by Gasteiger charge is 2.66. The number of β-lactam (4-membered cyclic amide) rings is 1. The molecule has 1 heterocycles. The molecule has 2 atom stereocenters. The summed E-state index contributed by atoms with van der Waals surface area (Å²) in [5.41, 5.74) is 3.86. The van der Waals surface area contributed by atoms with Gasteiger partial charge in [-0.15, -0.1) is 0 Å². The second-order valence-corrected chi connectivity index (χ2v) is 10.5. The van der Waals surface area contributed by atoms with Gasteiger partial charge in [0.2, 0.25) is 5.91 Å². The van der Waals surface area contributed by atoms with Crippen molar-refractivity contribution >= 4 is 15.7 Å². The number of sulfone groups is 1. The van der Waals surface area contributed by atoms with Crippen LogP contribution in [0.1, 0.15) is 35.2 Å². The van der Waals surface area contributed by atoms with Crippen molar-refractivity contribution in [2.24, 2.45) is 0 Å². The highest BCUT2D eigenvalue weighted by Crippen LogP contribution is 2.51. The van der Waals surface area contributed by atoms with Crippen molar-refractivity contribution in [1.82, 2.24) is 4.90 Å². The van der Waals surface area contributed by atoms with Gasteiger partial charge in [-0.2, -0.15) is 0 Å². The van der Waals surface area contributed by atoms with Crippen LogP contribution in [0.3, 0.4) is 0 Å². The summed E-state index contributed by atoms with van der Waals surface area (Å²) < 4.78 is 25.8. The van der Waals surface area contributed by atoms with Crippen LogP contribution in [0.2, 0.25) is 0 Å². The van der Waals surface area contributed by atoms with Crippen LogP contribution in [0.5, 0.6) is 0 Å². The number of aryl methyl sites for hydroxylation is 2. The quantitative estimate of drug-likeness (QED) is 0.567. The Morgan fingerprint density at radius 1 is 0.833 bits per heavy atom. The number of carbonyl (C=O) groups excluding carboxylic acids is 1. The number of hydrogen-bond acceptors (Lipinski definition) is 3. The fraction of sp³-hybridized carbons (Fsp3) is 0.240. The van der Waals surface area contributed by atoms with E-state index in [-0.39, 0.29) is 10.8 Å². The third kappa shape index (κ3) is 3.14.